The monoisotopic (exact) mass is 194 g/mol. The van der Waals surface area contributed by atoms with E-state index in [1.165, 1.54) is 0 Å². The van der Waals surface area contributed by atoms with Crippen LogP contribution in [0.5, 0.6) is 11.5 Å². The standard InChI is InChI=1S/C10H14N2O2/c1-11-10-5-8(14-7-3-4-7)9(13-2)6-12-10/h5-7H,3-4H2,1-2H3,(H,11,12). The molecule has 1 aromatic rings. The first kappa shape index (κ1) is 9.12. The number of rotatable bonds is 4. The van der Waals surface area contributed by atoms with Crippen molar-refractivity contribution in [3.05, 3.63) is 12.3 Å². The van der Waals surface area contributed by atoms with Crippen molar-refractivity contribution in [2.45, 2.75) is 18.9 Å². The van der Waals surface area contributed by atoms with Crippen LogP contribution in [0.4, 0.5) is 5.82 Å². The smallest absolute Gasteiger partial charge is 0.179 e. The van der Waals surface area contributed by atoms with E-state index in [4.69, 9.17) is 9.47 Å². The average Bonchev–Trinajstić information content (AvgIpc) is 3.01. The molecule has 4 heteroatoms. The lowest BCUT2D eigenvalue weighted by molar-refractivity contribution is 0.281. The fraction of sp³-hybridized carbons (Fsp3) is 0.500. The molecule has 0 bridgehead atoms. The summed E-state index contributed by atoms with van der Waals surface area (Å²) >= 11 is 0. The lowest BCUT2D eigenvalue weighted by atomic mass is 10.4. The molecular weight excluding hydrogens is 180 g/mol. The topological polar surface area (TPSA) is 43.4 Å². The summed E-state index contributed by atoms with van der Waals surface area (Å²) in [6.07, 6.45) is 4.32. The number of ether oxygens (including phenoxy) is 2. The first-order chi connectivity index (χ1) is 6.83. The van der Waals surface area contributed by atoms with Crippen molar-refractivity contribution >= 4 is 5.82 Å². The maximum atomic E-state index is 5.68. The summed E-state index contributed by atoms with van der Waals surface area (Å²) in [5.41, 5.74) is 0. The highest BCUT2D eigenvalue weighted by Gasteiger charge is 2.25. The summed E-state index contributed by atoms with van der Waals surface area (Å²) in [4.78, 5) is 4.14. The number of nitrogens with one attached hydrogen (secondary N) is 1. The third-order valence-corrected chi connectivity index (χ3v) is 2.13. The zero-order valence-electron chi connectivity index (χ0n) is 8.41. The number of aromatic nitrogens is 1. The van der Waals surface area contributed by atoms with Gasteiger partial charge in [-0.2, -0.15) is 0 Å². The van der Waals surface area contributed by atoms with Gasteiger partial charge in [-0.25, -0.2) is 4.98 Å². The van der Waals surface area contributed by atoms with Crippen LogP contribution in [0.1, 0.15) is 12.8 Å². The van der Waals surface area contributed by atoms with E-state index in [9.17, 15) is 0 Å². The highest BCUT2D eigenvalue weighted by Crippen LogP contribution is 2.34. The molecule has 0 unspecified atom stereocenters. The largest absolute Gasteiger partial charge is 0.491 e. The molecular formula is C10H14N2O2. The first-order valence-corrected chi connectivity index (χ1v) is 4.72. The zero-order valence-corrected chi connectivity index (χ0v) is 8.41. The number of hydrogen-bond donors (Lipinski definition) is 1. The lowest BCUT2D eigenvalue weighted by Crippen LogP contribution is -2.01. The number of hydrogen-bond acceptors (Lipinski definition) is 4. The number of anilines is 1. The predicted molar refractivity (Wildman–Crippen MR) is 54.0 cm³/mol. The Morgan fingerprint density at radius 3 is 2.79 bits per heavy atom. The molecule has 0 aliphatic heterocycles. The summed E-state index contributed by atoms with van der Waals surface area (Å²) in [5, 5.41) is 2.97. The molecule has 0 spiro atoms. The molecule has 1 fully saturated rings. The predicted octanol–water partition coefficient (Wildman–Crippen LogP) is 1.67. The normalized spacial score (nSPS) is 15.0. The molecule has 0 saturated heterocycles. The van der Waals surface area contributed by atoms with Crippen molar-refractivity contribution in [2.75, 3.05) is 19.5 Å². The molecule has 2 rings (SSSR count). The van der Waals surface area contributed by atoms with Crippen molar-refractivity contribution in [1.29, 1.82) is 0 Å². The molecule has 1 aromatic heterocycles. The number of nitrogens with zero attached hydrogens (tertiary/aromatic N) is 1. The van der Waals surface area contributed by atoms with Gasteiger partial charge in [-0.05, 0) is 12.8 Å². The van der Waals surface area contributed by atoms with Gasteiger partial charge in [0, 0.05) is 13.1 Å². The van der Waals surface area contributed by atoms with Crippen LogP contribution in [0.3, 0.4) is 0 Å². The van der Waals surface area contributed by atoms with E-state index in [0.29, 0.717) is 11.9 Å². The zero-order chi connectivity index (χ0) is 9.97. The van der Waals surface area contributed by atoms with E-state index in [1.807, 2.05) is 13.1 Å². The summed E-state index contributed by atoms with van der Waals surface area (Å²) in [7, 11) is 3.45. The highest BCUT2D eigenvalue weighted by molar-refractivity contribution is 5.48. The summed E-state index contributed by atoms with van der Waals surface area (Å²) < 4.78 is 10.8. The Morgan fingerprint density at radius 2 is 2.21 bits per heavy atom. The second-order valence-electron chi connectivity index (χ2n) is 3.29. The first-order valence-electron chi connectivity index (χ1n) is 4.72. The van der Waals surface area contributed by atoms with Crippen LogP contribution in [0.15, 0.2) is 12.3 Å². The van der Waals surface area contributed by atoms with Crippen molar-refractivity contribution in [3.8, 4) is 11.5 Å². The van der Waals surface area contributed by atoms with Crippen LogP contribution >= 0.6 is 0 Å². The molecule has 1 N–H and O–H groups in total. The quantitative estimate of drug-likeness (QED) is 0.791. The molecule has 14 heavy (non-hydrogen) atoms. The SMILES string of the molecule is CNc1cc(OC2CC2)c(OC)cn1. The third-order valence-electron chi connectivity index (χ3n) is 2.13. The van der Waals surface area contributed by atoms with Crippen molar-refractivity contribution in [1.82, 2.24) is 4.98 Å². The van der Waals surface area contributed by atoms with Gasteiger partial charge in [0.05, 0.1) is 19.4 Å². The molecule has 76 valence electrons. The number of pyridine rings is 1. The van der Waals surface area contributed by atoms with Crippen LogP contribution in [0.25, 0.3) is 0 Å². The minimum absolute atomic E-state index is 0.371. The van der Waals surface area contributed by atoms with Gasteiger partial charge in [0.1, 0.15) is 5.82 Å². The second kappa shape index (κ2) is 3.74. The van der Waals surface area contributed by atoms with E-state index in [0.717, 1.165) is 24.4 Å². The summed E-state index contributed by atoms with van der Waals surface area (Å²) in [5.74, 6) is 2.26. The van der Waals surface area contributed by atoms with Crippen LogP contribution in [-0.2, 0) is 0 Å². The van der Waals surface area contributed by atoms with E-state index >= 15 is 0 Å². The molecule has 4 nitrogen and oxygen atoms in total. The van der Waals surface area contributed by atoms with Gasteiger partial charge in [0.15, 0.2) is 11.5 Å². The second-order valence-corrected chi connectivity index (χ2v) is 3.29. The van der Waals surface area contributed by atoms with Gasteiger partial charge in [-0.15, -0.1) is 0 Å². The van der Waals surface area contributed by atoms with Crippen LogP contribution in [0, 0.1) is 0 Å². The Labute approximate surface area is 83.2 Å². The van der Waals surface area contributed by atoms with Gasteiger partial charge in [-0.1, -0.05) is 0 Å². The Hall–Kier alpha value is -1.45. The molecule has 1 saturated carbocycles. The van der Waals surface area contributed by atoms with E-state index in [-0.39, 0.29) is 0 Å². The molecule has 0 aromatic carbocycles. The van der Waals surface area contributed by atoms with Gasteiger partial charge in [0.25, 0.3) is 0 Å². The fourth-order valence-corrected chi connectivity index (χ4v) is 1.17. The van der Waals surface area contributed by atoms with E-state index in [1.54, 1.807) is 13.3 Å². The van der Waals surface area contributed by atoms with Crippen LogP contribution in [-0.4, -0.2) is 25.2 Å². The minimum atomic E-state index is 0.371. The van der Waals surface area contributed by atoms with Gasteiger partial charge in [-0.3, -0.25) is 0 Å². The van der Waals surface area contributed by atoms with Crippen molar-refractivity contribution < 1.29 is 9.47 Å². The molecule has 0 radical (unpaired) electrons. The van der Waals surface area contributed by atoms with Gasteiger partial charge in [0.2, 0.25) is 0 Å². The van der Waals surface area contributed by atoms with Crippen LogP contribution in [0.2, 0.25) is 0 Å². The molecule has 1 heterocycles. The Kier molecular flexibility index (Phi) is 2.43. The minimum Gasteiger partial charge on any atom is -0.491 e. The number of methoxy groups -OCH3 is 1. The molecule has 0 atom stereocenters. The summed E-state index contributed by atoms with van der Waals surface area (Å²) in [6.45, 7) is 0. The molecule has 1 aliphatic carbocycles. The highest BCUT2D eigenvalue weighted by atomic mass is 16.5. The molecule has 1 aliphatic rings. The average molecular weight is 194 g/mol. The lowest BCUT2D eigenvalue weighted by Gasteiger charge is -2.10. The van der Waals surface area contributed by atoms with Crippen molar-refractivity contribution in [3.63, 3.8) is 0 Å². The van der Waals surface area contributed by atoms with E-state index in [2.05, 4.69) is 10.3 Å². The van der Waals surface area contributed by atoms with E-state index < -0.39 is 0 Å². The maximum absolute atomic E-state index is 5.68. The summed E-state index contributed by atoms with van der Waals surface area (Å²) in [6, 6.07) is 1.86. The Bertz CT molecular complexity index is 324. The maximum Gasteiger partial charge on any atom is 0.179 e. The molecule has 0 amide bonds. The Morgan fingerprint density at radius 1 is 1.43 bits per heavy atom. The van der Waals surface area contributed by atoms with Crippen molar-refractivity contribution in [2.24, 2.45) is 0 Å². The third kappa shape index (κ3) is 1.89. The Balaban J connectivity index is 2.21. The van der Waals surface area contributed by atoms with Gasteiger partial charge < -0.3 is 14.8 Å². The van der Waals surface area contributed by atoms with Crippen LogP contribution < -0.4 is 14.8 Å². The van der Waals surface area contributed by atoms with Gasteiger partial charge >= 0.3 is 0 Å². The fourth-order valence-electron chi connectivity index (χ4n) is 1.17.